The molecular weight excluding hydrogens is 298 g/mol. The van der Waals surface area contributed by atoms with Crippen LogP contribution in [0.15, 0.2) is 6.07 Å². The van der Waals surface area contributed by atoms with E-state index in [-0.39, 0.29) is 0 Å². The van der Waals surface area contributed by atoms with Gasteiger partial charge in [-0.15, -0.1) is 11.3 Å². The standard InChI is InChI=1S/C16H23N3O2S/c1-5-10-8-11-14(17-12(16(20)21)7-9(3)4)18-13(6-2)19-15(11)22-10/h8-9,12H,5-7H2,1-4H3,(H,20,21)(H,17,18,19). The number of carbonyl (C=O) groups is 1. The molecule has 0 aromatic carbocycles. The molecule has 2 heterocycles. The first-order chi connectivity index (χ1) is 10.4. The summed E-state index contributed by atoms with van der Waals surface area (Å²) >= 11 is 1.65. The van der Waals surface area contributed by atoms with Crippen LogP contribution in [0, 0.1) is 5.92 Å². The van der Waals surface area contributed by atoms with Crippen molar-refractivity contribution in [2.24, 2.45) is 5.92 Å². The van der Waals surface area contributed by atoms with E-state index in [4.69, 9.17) is 0 Å². The Morgan fingerprint density at radius 1 is 1.32 bits per heavy atom. The lowest BCUT2D eigenvalue weighted by molar-refractivity contribution is -0.138. The maximum absolute atomic E-state index is 11.5. The maximum Gasteiger partial charge on any atom is 0.326 e. The van der Waals surface area contributed by atoms with Crippen molar-refractivity contribution in [2.45, 2.75) is 53.0 Å². The lowest BCUT2D eigenvalue weighted by atomic mass is 10.0. The van der Waals surface area contributed by atoms with Crippen LogP contribution in [0.4, 0.5) is 5.82 Å². The zero-order valence-corrected chi connectivity index (χ0v) is 14.3. The molecule has 0 spiro atoms. The van der Waals surface area contributed by atoms with Crippen LogP contribution in [-0.2, 0) is 17.6 Å². The van der Waals surface area contributed by atoms with Crippen LogP contribution < -0.4 is 5.32 Å². The average molecular weight is 321 g/mol. The first-order valence-corrected chi connectivity index (χ1v) is 8.54. The molecule has 1 unspecified atom stereocenters. The molecule has 2 rings (SSSR count). The number of thiophene rings is 1. The van der Waals surface area contributed by atoms with Gasteiger partial charge in [0.15, 0.2) is 0 Å². The molecule has 0 saturated carbocycles. The van der Waals surface area contributed by atoms with Gasteiger partial charge in [0.1, 0.15) is 22.5 Å². The molecule has 2 aromatic rings. The van der Waals surface area contributed by atoms with Crippen LogP contribution in [0.2, 0.25) is 0 Å². The molecule has 0 radical (unpaired) electrons. The van der Waals surface area contributed by atoms with Crippen molar-refractivity contribution in [1.29, 1.82) is 0 Å². The lowest BCUT2D eigenvalue weighted by Crippen LogP contribution is -2.31. The summed E-state index contributed by atoms with van der Waals surface area (Å²) < 4.78 is 0. The van der Waals surface area contributed by atoms with Crippen molar-refractivity contribution in [1.82, 2.24) is 9.97 Å². The maximum atomic E-state index is 11.5. The molecular formula is C16H23N3O2S. The van der Waals surface area contributed by atoms with Crippen molar-refractivity contribution in [3.05, 3.63) is 16.8 Å². The SMILES string of the molecule is CCc1nc(NC(CC(C)C)C(=O)O)c2cc(CC)sc2n1. The Labute approximate surface area is 134 Å². The quantitative estimate of drug-likeness (QED) is 0.813. The summed E-state index contributed by atoms with van der Waals surface area (Å²) in [7, 11) is 0. The largest absolute Gasteiger partial charge is 0.480 e. The van der Waals surface area contributed by atoms with Gasteiger partial charge in [0.2, 0.25) is 0 Å². The van der Waals surface area contributed by atoms with Gasteiger partial charge >= 0.3 is 5.97 Å². The molecule has 1 atom stereocenters. The predicted octanol–water partition coefficient (Wildman–Crippen LogP) is 3.73. The predicted molar refractivity (Wildman–Crippen MR) is 90.7 cm³/mol. The van der Waals surface area contributed by atoms with E-state index in [1.807, 2.05) is 20.8 Å². The molecule has 120 valence electrons. The number of rotatable bonds is 7. The van der Waals surface area contributed by atoms with E-state index in [1.165, 1.54) is 4.88 Å². The monoisotopic (exact) mass is 321 g/mol. The van der Waals surface area contributed by atoms with E-state index >= 15 is 0 Å². The van der Waals surface area contributed by atoms with Gasteiger partial charge in [-0.2, -0.15) is 0 Å². The van der Waals surface area contributed by atoms with Crippen LogP contribution in [0.5, 0.6) is 0 Å². The summed E-state index contributed by atoms with van der Waals surface area (Å²) in [6, 6.07) is 1.43. The molecule has 6 heteroatoms. The highest BCUT2D eigenvalue weighted by Crippen LogP contribution is 2.30. The molecule has 0 fully saturated rings. The van der Waals surface area contributed by atoms with E-state index in [0.717, 1.165) is 28.9 Å². The lowest BCUT2D eigenvalue weighted by Gasteiger charge is -2.17. The van der Waals surface area contributed by atoms with Gasteiger partial charge in [-0.3, -0.25) is 0 Å². The van der Waals surface area contributed by atoms with Gasteiger partial charge in [0.25, 0.3) is 0 Å². The van der Waals surface area contributed by atoms with Crippen LogP contribution in [0.3, 0.4) is 0 Å². The van der Waals surface area contributed by atoms with Crippen molar-refractivity contribution in [2.75, 3.05) is 5.32 Å². The Morgan fingerprint density at radius 2 is 2.05 bits per heavy atom. The molecule has 2 N–H and O–H groups in total. The normalized spacial score (nSPS) is 12.8. The zero-order valence-electron chi connectivity index (χ0n) is 13.5. The van der Waals surface area contributed by atoms with Gasteiger partial charge < -0.3 is 10.4 Å². The fourth-order valence-electron chi connectivity index (χ4n) is 2.32. The second kappa shape index (κ2) is 7.05. The summed E-state index contributed by atoms with van der Waals surface area (Å²) in [6.07, 6.45) is 2.23. The smallest absolute Gasteiger partial charge is 0.326 e. The minimum atomic E-state index is -0.843. The molecule has 22 heavy (non-hydrogen) atoms. The molecule has 0 aliphatic rings. The van der Waals surface area contributed by atoms with Crippen LogP contribution >= 0.6 is 11.3 Å². The van der Waals surface area contributed by atoms with Gasteiger partial charge in [0.05, 0.1) is 5.39 Å². The second-order valence-electron chi connectivity index (χ2n) is 5.79. The highest BCUT2D eigenvalue weighted by Gasteiger charge is 2.21. The van der Waals surface area contributed by atoms with Crippen LogP contribution in [0.25, 0.3) is 10.2 Å². The summed E-state index contributed by atoms with van der Waals surface area (Å²) in [5.74, 6) is 0.841. The van der Waals surface area contributed by atoms with Crippen molar-refractivity contribution < 1.29 is 9.90 Å². The fourth-order valence-corrected chi connectivity index (χ4v) is 3.30. The second-order valence-corrected chi connectivity index (χ2v) is 6.91. The highest BCUT2D eigenvalue weighted by molar-refractivity contribution is 7.18. The van der Waals surface area contributed by atoms with E-state index in [0.29, 0.717) is 18.2 Å². The number of nitrogens with one attached hydrogen (secondary N) is 1. The highest BCUT2D eigenvalue weighted by atomic mass is 32.1. The molecule has 0 saturated heterocycles. The average Bonchev–Trinajstić information content (AvgIpc) is 2.89. The number of hydrogen-bond donors (Lipinski definition) is 2. The number of hydrogen-bond acceptors (Lipinski definition) is 5. The summed E-state index contributed by atoms with van der Waals surface area (Å²) in [4.78, 5) is 22.7. The molecule has 0 amide bonds. The Morgan fingerprint density at radius 3 is 2.59 bits per heavy atom. The summed E-state index contributed by atoms with van der Waals surface area (Å²) in [5.41, 5.74) is 0. The van der Waals surface area contributed by atoms with Crippen molar-refractivity contribution in [3.8, 4) is 0 Å². The molecule has 0 bridgehead atoms. The number of aliphatic carboxylic acids is 1. The van der Waals surface area contributed by atoms with Gasteiger partial charge in [-0.05, 0) is 24.8 Å². The van der Waals surface area contributed by atoms with Crippen molar-refractivity contribution in [3.63, 3.8) is 0 Å². The third-order valence-corrected chi connectivity index (χ3v) is 4.64. The van der Waals surface area contributed by atoms with Crippen LogP contribution in [0.1, 0.15) is 44.8 Å². The number of fused-ring (bicyclic) bond motifs is 1. The van der Waals surface area contributed by atoms with E-state index in [9.17, 15) is 9.90 Å². The Kier molecular flexibility index (Phi) is 5.34. The minimum Gasteiger partial charge on any atom is -0.480 e. The number of anilines is 1. The first kappa shape index (κ1) is 16.7. The Bertz CT molecular complexity index is 667. The van der Waals surface area contributed by atoms with Gasteiger partial charge in [-0.25, -0.2) is 14.8 Å². The van der Waals surface area contributed by atoms with Gasteiger partial charge in [0, 0.05) is 11.3 Å². The Hall–Kier alpha value is -1.69. The first-order valence-electron chi connectivity index (χ1n) is 7.73. The summed E-state index contributed by atoms with van der Waals surface area (Å²) in [6.45, 7) is 8.14. The van der Waals surface area contributed by atoms with Crippen LogP contribution in [-0.4, -0.2) is 27.1 Å². The number of carboxylic acids is 1. The number of aromatic nitrogens is 2. The van der Waals surface area contributed by atoms with E-state index < -0.39 is 12.0 Å². The fraction of sp³-hybridized carbons (Fsp3) is 0.562. The van der Waals surface area contributed by atoms with E-state index in [1.54, 1.807) is 11.3 Å². The Balaban J connectivity index is 2.43. The zero-order chi connectivity index (χ0) is 16.3. The summed E-state index contributed by atoms with van der Waals surface area (Å²) in [5, 5.41) is 13.5. The number of nitrogens with zero attached hydrogens (tertiary/aromatic N) is 2. The van der Waals surface area contributed by atoms with E-state index in [2.05, 4.69) is 28.3 Å². The molecule has 0 aliphatic carbocycles. The molecule has 2 aromatic heterocycles. The van der Waals surface area contributed by atoms with Crippen molar-refractivity contribution >= 4 is 33.3 Å². The number of aryl methyl sites for hydroxylation is 2. The molecule has 5 nitrogen and oxygen atoms in total. The third kappa shape index (κ3) is 3.74. The van der Waals surface area contributed by atoms with Gasteiger partial charge in [-0.1, -0.05) is 27.7 Å². The number of carboxylic acid groups (broad SMARTS) is 1. The topological polar surface area (TPSA) is 75.1 Å². The third-order valence-electron chi connectivity index (χ3n) is 3.47. The molecule has 0 aliphatic heterocycles. The minimum absolute atomic E-state index is 0.297.